The summed E-state index contributed by atoms with van der Waals surface area (Å²) in [7, 11) is 1.72. The lowest BCUT2D eigenvalue weighted by Gasteiger charge is -2.15. The van der Waals surface area contributed by atoms with Gasteiger partial charge in [0.25, 0.3) is 0 Å². The van der Waals surface area contributed by atoms with Crippen LogP contribution in [0.25, 0.3) is 0 Å². The zero-order valence-corrected chi connectivity index (χ0v) is 12.6. The second-order valence-corrected chi connectivity index (χ2v) is 5.85. The van der Waals surface area contributed by atoms with E-state index in [0.29, 0.717) is 28.2 Å². The summed E-state index contributed by atoms with van der Waals surface area (Å²) in [4.78, 5) is 15.4. The highest BCUT2D eigenvalue weighted by molar-refractivity contribution is 6.29. The molecule has 2 rings (SSSR count). The fourth-order valence-electron chi connectivity index (χ4n) is 1.85. The number of ether oxygens (including phenoxy) is 1. The number of hydrogen-bond acceptors (Lipinski definition) is 4. The van der Waals surface area contributed by atoms with Crippen molar-refractivity contribution >= 4 is 17.9 Å². The van der Waals surface area contributed by atoms with Crippen molar-refractivity contribution in [1.29, 1.82) is 0 Å². The van der Waals surface area contributed by atoms with Crippen LogP contribution in [-0.4, -0.2) is 21.1 Å². The van der Waals surface area contributed by atoms with Gasteiger partial charge in [-0.05, 0) is 6.07 Å². The zero-order valence-electron chi connectivity index (χ0n) is 11.8. The fourth-order valence-corrected chi connectivity index (χ4v) is 2.01. The standard InChI is InChI=1S/C14H16ClN3O2/c1-14(2,3)12-9(8-19)13(18(4)17-12)20-11-7-5-6-10(15)16-11/h5-8H,1-4H3. The number of nitrogens with zero attached hydrogens (tertiary/aromatic N) is 3. The van der Waals surface area contributed by atoms with E-state index in [1.54, 1.807) is 25.2 Å². The number of carbonyl (C=O) groups is 1. The number of halogens is 1. The van der Waals surface area contributed by atoms with Gasteiger partial charge in [0.1, 0.15) is 10.7 Å². The molecule has 2 aromatic heterocycles. The zero-order chi connectivity index (χ0) is 14.9. The Hall–Kier alpha value is -1.88. The van der Waals surface area contributed by atoms with Gasteiger partial charge in [-0.15, -0.1) is 0 Å². The van der Waals surface area contributed by atoms with Crippen molar-refractivity contribution in [2.45, 2.75) is 26.2 Å². The summed E-state index contributed by atoms with van der Waals surface area (Å²) in [6.45, 7) is 5.97. The second-order valence-electron chi connectivity index (χ2n) is 5.46. The molecule has 5 nitrogen and oxygen atoms in total. The maximum Gasteiger partial charge on any atom is 0.230 e. The average molecular weight is 294 g/mol. The van der Waals surface area contributed by atoms with E-state index < -0.39 is 0 Å². The molecule has 106 valence electrons. The fraction of sp³-hybridized carbons (Fsp3) is 0.357. The maximum absolute atomic E-state index is 11.4. The van der Waals surface area contributed by atoms with Crippen molar-refractivity contribution < 1.29 is 9.53 Å². The van der Waals surface area contributed by atoms with Crippen molar-refractivity contribution in [2.24, 2.45) is 7.05 Å². The van der Waals surface area contributed by atoms with Gasteiger partial charge in [0.2, 0.25) is 11.8 Å². The molecule has 0 amide bonds. The molecule has 0 aliphatic heterocycles. The van der Waals surface area contributed by atoms with Crippen molar-refractivity contribution in [3.8, 4) is 11.8 Å². The smallest absolute Gasteiger partial charge is 0.230 e. The van der Waals surface area contributed by atoms with E-state index in [0.717, 1.165) is 6.29 Å². The third-order valence-corrected chi connectivity index (χ3v) is 2.96. The van der Waals surface area contributed by atoms with E-state index in [9.17, 15) is 4.79 Å². The molecule has 0 atom stereocenters. The van der Waals surface area contributed by atoms with Crippen LogP contribution in [0, 0.1) is 0 Å². The maximum atomic E-state index is 11.4. The number of hydrogen-bond donors (Lipinski definition) is 0. The molecule has 0 spiro atoms. The lowest BCUT2D eigenvalue weighted by atomic mass is 9.90. The van der Waals surface area contributed by atoms with Crippen LogP contribution in [0.3, 0.4) is 0 Å². The van der Waals surface area contributed by atoms with Crippen LogP contribution in [0.5, 0.6) is 11.8 Å². The Kier molecular flexibility index (Phi) is 3.81. The summed E-state index contributed by atoms with van der Waals surface area (Å²) in [5.41, 5.74) is 0.867. The van der Waals surface area contributed by atoms with Crippen LogP contribution < -0.4 is 4.74 Å². The number of aldehydes is 1. The molecule has 2 heterocycles. The van der Waals surface area contributed by atoms with Crippen molar-refractivity contribution in [2.75, 3.05) is 0 Å². The Morgan fingerprint density at radius 1 is 1.35 bits per heavy atom. The molecule has 0 radical (unpaired) electrons. The highest BCUT2D eigenvalue weighted by atomic mass is 35.5. The van der Waals surface area contributed by atoms with E-state index in [4.69, 9.17) is 16.3 Å². The lowest BCUT2D eigenvalue weighted by molar-refractivity contribution is 0.111. The molecular formula is C14H16ClN3O2. The van der Waals surface area contributed by atoms with Crippen molar-refractivity contribution in [3.63, 3.8) is 0 Å². The van der Waals surface area contributed by atoms with Crippen LogP contribution in [0.2, 0.25) is 5.15 Å². The van der Waals surface area contributed by atoms with E-state index in [1.165, 1.54) is 4.68 Å². The molecule has 0 bridgehead atoms. The summed E-state index contributed by atoms with van der Waals surface area (Å²) in [6.07, 6.45) is 0.757. The molecule has 20 heavy (non-hydrogen) atoms. The van der Waals surface area contributed by atoms with Crippen molar-refractivity contribution in [1.82, 2.24) is 14.8 Å². The van der Waals surface area contributed by atoms with Crippen LogP contribution in [0.1, 0.15) is 36.8 Å². The highest BCUT2D eigenvalue weighted by Gasteiger charge is 2.27. The molecule has 0 aromatic carbocycles. The molecule has 0 saturated heterocycles. The van der Waals surface area contributed by atoms with Crippen LogP contribution in [0.4, 0.5) is 0 Å². The number of pyridine rings is 1. The first-order valence-corrected chi connectivity index (χ1v) is 6.54. The van der Waals surface area contributed by atoms with Gasteiger partial charge in [0, 0.05) is 18.5 Å². The first-order chi connectivity index (χ1) is 9.32. The van der Waals surface area contributed by atoms with Crippen LogP contribution >= 0.6 is 11.6 Å². The second kappa shape index (κ2) is 5.25. The summed E-state index contributed by atoms with van der Waals surface area (Å²) in [6, 6.07) is 5.05. The van der Waals surface area contributed by atoms with Crippen molar-refractivity contribution in [3.05, 3.63) is 34.6 Å². The van der Waals surface area contributed by atoms with Crippen LogP contribution in [-0.2, 0) is 12.5 Å². The van der Waals surface area contributed by atoms with E-state index in [2.05, 4.69) is 10.1 Å². The summed E-state index contributed by atoms with van der Waals surface area (Å²) in [5.74, 6) is 0.684. The lowest BCUT2D eigenvalue weighted by Crippen LogP contribution is -2.14. The molecule has 0 saturated carbocycles. The van der Waals surface area contributed by atoms with Gasteiger partial charge in [-0.2, -0.15) is 5.10 Å². The highest BCUT2D eigenvalue weighted by Crippen LogP contribution is 2.32. The number of carbonyl (C=O) groups excluding carboxylic acids is 1. The molecule has 0 unspecified atom stereocenters. The third-order valence-electron chi connectivity index (χ3n) is 2.75. The third kappa shape index (κ3) is 2.82. The van der Waals surface area contributed by atoms with E-state index >= 15 is 0 Å². The van der Waals surface area contributed by atoms with Gasteiger partial charge in [0.15, 0.2) is 6.29 Å². The quantitative estimate of drug-likeness (QED) is 0.643. The van der Waals surface area contributed by atoms with Gasteiger partial charge >= 0.3 is 0 Å². The van der Waals surface area contributed by atoms with E-state index in [-0.39, 0.29) is 5.41 Å². The Morgan fingerprint density at radius 2 is 2.05 bits per heavy atom. The Balaban J connectivity index is 2.47. The molecular weight excluding hydrogens is 278 g/mol. The van der Waals surface area contributed by atoms with Gasteiger partial charge in [0.05, 0.1) is 5.69 Å². The minimum Gasteiger partial charge on any atom is -0.420 e. The van der Waals surface area contributed by atoms with Gasteiger partial charge in [-0.1, -0.05) is 38.4 Å². The largest absolute Gasteiger partial charge is 0.420 e. The first kappa shape index (κ1) is 14.5. The van der Waals surface area contributed by atoms with Gasteiger partial charge in [-0.25, -0.2) is 9.67 Å². The molecule has 0 aliphatic carbocycles. The average Bonchev–Trinajstić information content (AvgIpc) is 2.66. The number of aryl methyl sites for hydroxylation is 1. The molecule has 0 N–H and O–H groups in total. The summed E-state index contributed by atoms with van der Waals surface area (Å²) >= 11 is 5.82. The predicted molar refractivity (Wildman–Crippen MR) is 76.6 cm³/mol. The van der Waals surface area contributed by atoms with Gasteiger partial charge < -0.3 is 4.74 Å². The Labute approximate surface area is 122 Å². The number of aromatic nitrogens is 3. The summed E-state index contributed by atoms with van der Waals surface area (Å²) < 4.78 is 7.20. The Morgan fingerprint density at radius 3 is 2.60 bits per heavy atom. The Bertz CT molecular complexity index is 644. The molecule has 6 heteroatoms. The van der Waals surface area contributed by atoms with Gasteiger partial charge in [-0.3, -0.25) is 4.79 Å². The molecule has 2 aromatic rings. The predicted octanol–water partition coefficient (Wildman–Crippen LogP) is 3.37. The SMILES string of the molecule is Cn1nc(C(C)(C)C)c(C=O)c1Oc1cccc(Cl)n1. The number of rotatable bonds is 3. The minimum absolute atomic E-state index is 0.253. The topological polar surface area (TPSA) is 57.0 Å². The van der Waals surface area contributed by atoms with Crippen LogP contribution in [0.15, 0.2) is 18.2 Å². The first-order valence-electron chi connectivity index (χ1n) is 6.16. The summed E-state index contributed by atoms with van der Waals surface area (Å²) in [5, 5.41) is 4.70. The monoisotopic (exact) mass is 293 g/mol. The van der Waals surface area contributed by atoms with E-state index in [1.807, 2.05) is 20.8 Å². The minimum atomic E-state index is -0.253. The molecule has 0 aliphatic rings. The molecule has 0 fully saturated rings. The normalized spacial score (nSPS) is 11.4.